The molecule has 0 saturated heterocycles. The molecule has 0 unspecified atom stereocenters. The zero-order chi connectivity index (χ0) is 16.2. The molecule has 122 valence electrons. The Labute approximate surface area is 137 Å². The lowest BCUT2D eigenvalue weighted by atomic mass is 9.96. The van der Waals surface area contributed by atoms with Crippen LogP contribution in [-0.2, 0) is 4.57 Å². The summed E-state index contributed by atoms with van der Waals surface area (Å²) in [5.74, 6) is 1.03. The molecule has 0 aliphatic heterocycles. The highest BCUT2D eigenvalue weighted by atomic mass is 31.2. The molecule has 3 rings (SSSR count). The van der Waals surface area contributed by atoms with E-state index in [0.717, 1.165) is 19.3 Å². The molecule has 0 bridgehead atoms. The maximum Gasteiger partial charge on any atom is 0.450 e. The molecule has 0 radical (unpaired) electrons. The van der Waals surface area contributed by atoms with Gasteiger partial charge < -0.3 is 14.8 Å². The first-order chi connectivity index (χ1) is 11.1. The molecule has 5 heteroatoms. The van der Waals surface area contributed by atoms with Crippen LogP contribution in [0.2, 0.25) is 0 Å². The number of benzene rings is 2. The van der Waals surface area contributed by atoms with E-state index in [0.29, 0.717) is 24.3 Å². The van der Waals surface area contributed by atoms with E-state index in [1.807, 2.05) is 36.4 Å². The maximum absolute atomic E-state index is 13.7. The standard InChI is InChI=1S/C18H22NO3P/c19-18(14-8-3-9-15-18)23(20,21-16-10-4-1-5-11-16)22-17-12-6-2-7-13-17/h1-2,4-7,10-13H,3,8-9,14-15,19H2. The zero-order valence-electron chi connectivity index (χ0n) is 13.1. The summed E-state index contributed by atoms with van der Waals surface area (Å²) in [4.78, 5) is 0. The van der Waals surface area contributed by atoms with E-state index in [-0.39, 0.29) is 0 Å². The Balaban J connectivity index is 1.93. The number of nitrogens with two attached hydrogens (primary N) is 1. The number of hydrogen-bond acceptors (Lipinski definition) is 4. The highest BCUT2D eigenvalue weighted by Gasteiger charge is 2.51. The first-order valence-electron chi connectivity index (χ1n) is 8.00. The van der Waals surface area contributed by atoms with Gasteiger partial charge in [-0.3, -0.25) is 0 Å². The van der Waals surface area contributed by atoms with E-state index >= 15 is 0 Å². The summed E-state index contributed by atoms with van der Waals surface area (Å²) in [7, 11) is -3.57. The minimum absolute atomic E-state index is 0.516. The first kappa shape index (κ1) is 16.1. The van der Waals surface area contributed by atoms with Crippen LogP contribution in [0.4, 0.5) is 0 Å². The van der Waals surface area contributed by atoms with Crippen LogP contribution < -0.4 is 14.8 Å². The number of hydrogen-bond donors (Lipinski definition) is 1. The number of para-hydroxylation sites is 2. The lowest BCUT2D eigenvalue weighted by molar-refractivity contribution is 0.293. The van der Waals surface area contributed by atoms with Gasteiger partial charge in [0.1, 0.15) is 16.8 Å². The molecule has 4 nitrogen and oxygen atoms in total. The summed E-state index contributed by atoms with van der Waals surface area (Å²) in [6, 6.07) is 18.2. The topological polar surface area (TPSA) is 61.6 Å². The summed E-state index contributed by atoms with van der Waals surface area (Å²) in [5, 5.41) is -0.947. The second kappa shape index (κ2) is 6.77. The Morgan fingerprint density at radius 1 is 0.783 bits per heavy atom. The van der Waals surface area contributed by atoms with E-state index in [4.69, 9.17) is 14.8 Å². The van der Waals surface area contributed by atoms with Gasteiger partial charge >= 0.3 is 7.60 Å². The van der Waals surface area contributed by atoms with Crippen molar-refractivity contribution in [1.29, 1.82) is 0 Å². The van der Waals surface area contributed by atoms with Gasteiger partial charge in [-0.2, -0.15) is 0 Å². The summed E-state index contributed by atoms with van der Waals surface area (Å²) < 4.78 is 25.4. The van der Waals surface area contributed by atoms with Crippen molar-refractivity contribution in [3.05, 3.63) is 60.7 Å². The molecule has 0 heterocycles. The predicted octanol–water partition coefficient (Wildman–Crippen LogP) is 4.96. The van der Waals surface area contributed by atoms with Crippen LogP contribution in [0.25, 0.3) is 0 Å². The van der Waals surface area contributed by atoms with Crippen LogP contribution in [0.5, 0.6) is 11.5 Å². The third kappa shape index (κ3) is 3.60. The van der Waals surface area contributed by atoms with E-state index in [1.165, 1.54) is 0 Å². The largest absolute Gasteiger partial charge is 0.450 e. The molecular formula is C18H22NO3P. The molecule has 0 atom stereocenters. The molecule has 23 heavy (non-hydrogen) atoms. The van der Waals surface area contributed by atoms with Crippen LogP contribution >= 0.6 is 7.60 Å². The fourth-order valence-electron chi connectivity index (χ4n) is 2.88. The highest BCUT2D eigenvalue weighted by molar-refractivity contribution is 7.56. The molecule has 0 amide bonds. The fraction of sp³-hybridized carbons (Fsp3) is 0.333. The van der Waals surface area contributed by atoms with Crippen LogP contribution in [0.1, 0.15) is 32.1 Å². The van der Waals surface area contributed by atoms with E-state index < -0.39 is 12.9 Å². The van der Waals surface area contributed by atoms with Crippen molar-refractivity contribution in [2.45, 2.75) is 37.4 Å². The average Bonchev–Trinajstić information content (AvgIpc) is 2.57. The zero-order valence-corrected chi connectivity index (χ0v) is 14.0. The molecule has 2 aromatic carbocycles. The van der Waals surface area contributed by atoms with Crippen molar-refractivity contribution >= 4 is 7.60 Å². The van der Waals surface area contributed by atoms with Gasteiger partial charge in [0.15, 0.2) is 0 Å². The van der Waals surface area contributed by atoms with Gasteiger partial charge in [-0.25, -0.2) is 4.57 Å². The molecule has 1 aliphatic carbocycles. The van der Waals surface area contributed by atoms with Gasteiger partial charge in [0, 0.05) is 0 Å². The van der Waals surface area contributed by atoms with Crippen molar-refractivity contribution in [2.24, 2.45) is 5.73 Å². The highest BCUT2D eigenvalue weighted by Crippen LogP contribution is 2.61. The van der Waals surface area contributed by atoms with E-state index in [9.17, 15) is 4.57 Å². The summed E-state index contributed by atoms with van der Waals surface area (Å²) in [6.07, 6.45) is 4.27. The molecule has 0 spiro atoms. The van der Waals surface area contributed by atoms with Crippen LogP contribution in [-0.4, -0.2) is 5.28 Å². The first-order valence-corrected chi connectivity index (χ1v) is 9.54. The van der Waals surface area contributed by atoms with E-state index in [2.05, 4.69) is 0 Å². The van der Waals surface area contributed by atoms with Crippen molar-refractivity contribution in [3.8, 4) is 11.5 Å². The molecule has 2 N–H and O–H groups in total. The molecule has 1 saturated carbocycles. The van der Waals surface area contributed by atoms with Crippen molar-refractivity contribution < 1.29 is 13.6 Å². The molecular weight excluding hydrogens is 309 g/mol. The van der Waals surface area contributed by atoms with Crippen LogP contribution in [0.15, 0.2) is 60.7 Å². The Morgan fingerprint density at radius 2 is 1.22 bits per heavy atom. The van der Waals surface area contributed by atoms with Gasteiger partial charge in [-0.1, -0.05) is 55.7 Å². The quantitative estimate of drug-likeness (QED) is 0.787. The molecule has 2 aromatic rings. The average molecular weight is 331 g/mol. The SMILES string of the molecule is NC1(P(=O)(Oc2ccccc2)Oc2ccccc2)CCCCC1. The Hall–Kier alpha value is -1.77. The normalized spacial score (nSPS) is 17.4. The van der Waals surface area contributed by atoms with Crippen molar-refractivity contribution in [2.75, 3.05) is 0 Å². The van der Waals surface area contributed by atoms with E-state index in [1.54, 1.807) is 24.3 Å². The van der Waals surface area contributed by atoms with Crippen LogP contribution in [0.3, 0.4) is 0 Å². The minimum atomic E-state index is -3.57. The summed E-state index contributed by atoms with van der Waals surface area (Å²) in [5.41, 5.74) is 6.52. The van der Waals surface area contributed by atoms with Crippen molar-refractivity contribution in [3.63, 3.8) is 0 Å². The number of rotatable bonds is 5. The summed E-state index contributed by atoms with van der Waals surface area (Å²) >= 11 is 0. The predicted molar refractivity (Wildman–Crippen MR) is 91.7 cm³/mol. The Morgan fingerprint density at radius 3 is 1.65 bits per heavy atom. The monoisotopic (exact) mass is 331 g/mol. The molecule has 0 aromatic heterocycles. The van der Waals surface area contributed by atoms with Crippen molar-refractivity contribution in [1.82, 2.24) is 0 Å². The lowest BCUT2D eigenvalue weighted by Gasteiger charge is -2.38. The molecule has 1 fully saturated rings. The lowest BCUT2D eigenvalue weighted by Crippen LogP contribution is -2.44. The molecule has 1 aliphatic rings. The maximum atomic E-state index is 13.7. The van der Waals surface area contributed by atoms with Gasteiger partial charge in [0.2, 0.25) is 0 Å². The summed E-state index contributed by atoms with van der Waals surface area (Å²) in [6.45, 7) is 0. The third-order valence-corrected chi connectivity index (χ3v) is 6.64. The van der Waals surface area contributed by atoms with Crippen LogP contribution in [0, 0.1) is 0 Å². The Bertz CT molecular complexity index is 624. The van der Waals surface area contributed by atoms with Gasteiger partial charge in [0.05, 0.1) is 0 Å². The third-order valence-electron chi connectivity index (χ3n) is 4.20. The minimum Gasteiger partial charge on any atom is -0.415 e. The smallest absolute Gasteiger partial charge is 0.415 e. The van der Waals surface area contributed by atoms with Gasteiger partial charge in [-0.05, 0) is 37.1 Å². The second-order valence-electron chi connectivity index (χ2n) is 5.97. The Kier molecular flexibility index (Phi) is 4.74. The van der Waals surface area contributed by atoms with Gasteiger partial charge in [0.25, 0.3) is 0 Å². The second-order valence-corrected chi connectivity index (χ2v) is 8.22. The van der Waals surface area contributed by atoms with Gasteiger partial charge in [-0.15, -0.1) is 0 Å². The fourth-order valence-corrected chi connectivity index (χ4v) is 4.94.